The molecule has 0 aliphatic heterocycles. The van der Waals surface area contributed by atoms with E-state index in [9.17, 15) is 0 Å². The Balaban J connectivity index is 1.62. The quantitative estimate of drug-likeness (QED) is 0.514. The Bertz CT molecular complexity index is 855. The van der Waals surface area contributed by atoms with E-state index in [1.54, 1.807) is 25.6 Å². The van der Waals surface area contributed by atoms with Gasteiger partial charge in [-0.2, -0.15) is 0 Å². The van der Waals surface area contributed by atoms with Gasteiger partial charge in [-0.25, -0.2) is 4.98 Å². The van der Waals surface area contributed by atoms with E-state index in [4.69, 9.17) is 14.2 Å². The summed E-state index contributed by atoms with van der Waals surface area (Å²) in [4.78, 5) is 5.64. The summed E-state index contributed by atoms with van der Waals surface area (Å²) in [6.45, 7) is 4.12. The number of aromatic nitrogens is 1. The Hall–Kier alpha value is -2.57. The lowest BCUT2D eigenvalue weighted by Crippen LogP contribution is -2.16. The Kier molecular flexibility index (Phi) is 7.28. The topological polar surface area (TPSA) is 52.6 Å². The second-order valence-corrected chi connectivity index (χ2v) is 7.71. The normalized spacial score (nSPS) is 10.7. The molecule has 0 atom stereocenters. The van der Waals surface area contributed by atoms with Crippen LogP contribution < -0.4 is 19.5 Å². The summed E-state index contributed by atoms with van der Waals surface area (Å²) in [7, 11) is 3.29. The van der Waals surface area contributed by atoms with Crippen molar-refractivity contribution in [1.82, 2.24) is 10.3 Å². The summed E-state index contributed by atoms with van der Waals surface area (Å²) in [5.74, 6) is 1.96. The highest BCUT2D eigenvalue weighted by molar-refractivity contribution is 7.11. The molecule has 1 aromatic heterocycles. The number of hydrogen-bond donors (Lipinski definition) is 1. The first-order valence-electron chi connectivity index (χ1n) is 9.23. The fraction of sp³-hybridized carbons (Fsp3) is 0.318. The van der Waals surface area contributed by atoms with Crippen molar-refractivity contribution in [3.8, 4) is 17.2 Å². The van der Waals surface area contributed by atoms with Crippen molar-refractivity contribution in [3.05, 3.63) is 69.7 Å². The lowest BCUT2D eigenvalue weighted by molar-refractivity contribution is 0.265. The molecule has 6 heteroatoms. The van der Waals surface area contributed by atoms with Crippen LogP contribution in [0.25, 0.3) is 0 Å². The maximum atomic E-state index is 6.00. The summed E-state index contributed by atoms with van der Waals surface area (Å²) in [5.41, 5.74) is 2.17. The smallest absolute Gasteiger partial charge is 0.203 e. The summed E-state index contributed by atoms with van der Waals surface area (Å²) in [6, 6.07) is 14.0. The molecule has 0 unspecified atom stereocenters. The third kappa shape index (κ3) is 5.47. The Morgan fingerprint density at radius 2 is 1.71 bits per heavy atom. The van der Waals surface area contributed by atoms with E-state index in [2.05, 4.69) is 17.2 Å². The Morgan fingerprint density at radius 3 is 2.32 bits per heavy atom. The SMILES string of the molecule is COc1cc(CNCCc2ncc(C)s2)cc(OC)c1OCc1ccccc1. The van der Waals surface area contributed by atoms with E-state index >= 15 is 0 Å². The fourth-order valence-corrected chi connectivity index (χ4v) is 3.64. The van der Waals surface area contributed by atoms with Crippen LogP contribution in [0.2, 0.25) is 0 Å². The van der Waals surface area contributed by atoms with Gasteiger partial charge in [0, 0.05) is 30.6 Å². The van der Waals surface area contributed by atoms with Crippen LogP contribution in [-0.2, 0) is 19.6 Å². The van der Waals surface area contributed by atoms with Crippen LogP contribution in [0.1, 0.15) is 21.0 Å². The third-order valence-corrected chi connectivity index (χ3v) is 5.23. The van der Waals surface area contributed by atoms with E-state index in [-0.39, 0.29) is 0 Å². The highest BCUT2D eigenvalue weighted by atomic mass is 32.1. The van der Waals surface area contributed by atoms with Crippen molar-refractivity contribution in [2.24, 2.45) is 0 Å². The van der Waals surface area contributed by atoms with Gasteiger partial charge in [0.2, 0.25) is 5.75 Å². The van der Waals surface area contributed by atoms with Gasteiger partial charge in [0.15, 0.2) is 11.5 Å². The highest BCUT2D eigenvalue weighted by Gasteiger charge is 2.14. The number of benzene rings is 2. The lowest BCUT2D eigenvalue weighted by atomic mass is 10.1. The van der Waals surface area contributed by atoms with Gasteiger partial charge in [0.25, 0.3) is 0 Å². The van der Waals surface area contributed by atoms with E-state index in [1.807, 2.05) is 48.7 Å². The fourth-order valence-electron chi connectivity index (χ4n) is 2.85. The standard InChI is InChI=1S/C22H26N2O3S/c1-16-13-24-21(28-16)9-10-23-14-18-11-19(25-2)22(20(12-18)26-3)27-15-17-7-5-4-6-8-17/h4-8,11-13,23H,9-10,14-15H2,1-3H3. The summed E-state index contributed by atoms with van der Waals surface area (Å²) in [5, 5.41) is 4.61. The molecule has 28 heavy (non-hydrogen) atoms. The first-order chi connectivity index (χ1) is 13.7. The molecule has 0 saturated carbocycles. The van der Waals surface area contributed by atoms with Crippen molar-refractivity contribution in [2.45, 2.75) is 26.5 Å². The van der Waals surface area contributed by atoms with E-state index in [0.717, 1.165) is 35.6 Å². The van der Waals surface area contributed by atoms with Gasteiger partial charge in [-0.15, -0.1) is 11.3 Å². The van der Waals surface area contributed by atoms with Crippen LogP contribution in [0.4, 0.5) is 0 Å². The summed E-state index contributed by atoms with van der Waals surface area (Å²) in [6.07, 6.45) is 2.84. The zero-order chi connectivity index (χ0) is 19.8. The van der Waals surface area contributed by atoms with E-state index < -0.39 is 0 Å². The number of hydrogen-bond acceptors (Lipinski definition) is 6. The van der Waals surface area contributed by atoms with Gasteiger partial charge < -0.3 is 19.5 Å². The van der Waals surface area contributed by atoms with Crippen LogP contribution in [0.15, 0.2) is 48.7 Å². The van der Waals surface area contributed by atoms with Gasteiger partial charge in [0.1, 0.15) is 6.61 Å². The zero-order valence-corrected chi connectivity index (χ0v) is 17.3. The molecule has 0 radical (unpaired) electrons. The average molecular weight is 399 g/mol. The average Bonchev–Trinajstić information content (AvgIpc) is 3.15. The van der Waals surface area contributed by atoms with Crippen molar-refractivity contribution in [2.75, 3.05) is 20.8 Å². The van der Waals surface area contributed by atoms with Gasteiger partial charge in [0.05, 0.1) is 19.2 Å². The molecule has 3 aromatic rings. The van der Waals surface area contributed by atoms with Crippen molar-refractivity contribution >= 4 is 11.3 Å². The summed E-state index contributed by atoms with van der Waals surface area (Å²) >= 11 is 1.74. The van der Waals surface area contributed by atoms with Crippen molar-refractivity contribution < 1.29 is 14.2 Å². The number of nitrogens with zero attached hydrogens (tertiary/aromatic N) is 1. The number of methoxy groups -OCH3 is 2. The first-order valence-corrected chi connectivity index (χ1v) is 10.0. The van der Waals surface area contributed by atoms with Crippen molar-refractivity contribution in [3.63, 3.8) is 0 Å². The van der Waals surface area contributed by atoms with Crippen LogP contribution in [0, 0.1) is 6.92 Å². The maximum absolute atomic E-state index is 6.00. The summed E-state index contributed by atoms with van der Waals surface area (Å²) < 4.78 is 17.1. The molecule has 148 valence electrons. The van der Waals surface area contributed by atoms with Gasteiger partial charge in [-0.3, -0.25) is 0 Å². The molecule has 0 fully saturated rings. The molecule has 0 saturated heterocycles. The van der Waals surface area contributed by atoms with E-state index in [1.165, 1.54) is 4.88 Å². The number of rotatable bonds is 10. The molecule has 0 spiro atoms. The largest absolute Gasteiger partial charge is 0.493 e. The molecular weight excluding hydrogens is 372 g/mol. The minimum atomic E-state index is 0.457. The molecule has 1 heterocycles. The van der Waals surface area contributed by atoms with Gasteiger partial charge >= 0.3 is 0 Å². The third-order valence-electron chi connectivity index (χ3n) is 4.26. The minimum absolute atomic E-state index is 0.457. The second kappa shape index (κ2) is 10.1. The number of ether oxygens (including phenoxy) is 3. The molecule has 0 amide bonds. The predicted molar refractivity (Wildman–Crippen MR) is 113 cm³/mol. The molecule has 0 bridgehead atoms. The second-order valence-electron chi connectivity index (χ2n) is 6.40. The number of aryl methyl sites for hydroxylation is 1. The van der Waals surface area contributed by atoms with Gasteiger partial charge in [-0.1, -0.05) is 30.3 Å². The zero-order valence-electron chi connectivity index (χ0n) is 16.5. The molecule has 2 aromatic carbocycles. The monoisotopic (exact) mass is 398 g/mol. The lowest BCUT2D eigenvalue weighted by Gasteiger charge is -2.16. The van der Waals surface area contributed by atoms with Crippen LogP contribution in [-0.4, -0.2) is 25.7 Å². The molecule has 5 nitrogen and oxygen atoms in total. The molecule has 0 aliphatic rings. The Morgan fingerprint density at radius 1 is 1.00 bits per heavy atom. The predicted octanol–water partition coefficient (Wildman–Crippen LogP) is 4.38. The molecule has 3 rings (SSSR count). The number of nitrogens with one attached hydrogen (secondary N) is 1. The minimum Gasteiger partial charge on any atom is -0.493 e. The highest BCUT2D eigenvalue weighted by Crippen LogP contribution is 2.39. The molecular formula is C22H26N2O3S. The van der Waals surface area contributed by atoms with Crippen LogP contribution in [0.5, 0.6) is 17.2 Å². The van der Waals surface area contributed by atoms with Crippen LogP contribution >= 0.6 is 11.3 Å². The van der Waals surface area contributed by atoms with E-state index in [0.29, 0.717) is 23.9 Å². The molecule has 1 N–H and O–H groups in total. The maximum Gasteiger partial charge on any atom is 0.203 e. The van der Waals surface area contributed by atoms with Gasteiger partial charge in [-0.05, 0) is 30.2 Å². The van der Waals surface area contributed by atoms with Crippen LogP contribution in [0.3, 0.4) is 0 Å². The van der Waals surface area contributed by atoms with Crippen molar-refractivity contribution in [1.29, 1.82) is 0 Å². The Labute approximate surface area is 170 Å². The molecule has 0 aliphatic carbocycles. The number of thiazole rings is 1. The first kappa shape index (κ1) is 20.2.